The summed E-state index contributed by atoms with van der Waals surface area (Å²) in [4.78, 5) is 47.2. The number of aromatic nitrogens is 1. The molecule has 0 radical (unpaired) electrons. The van der Waals surface area contributed by atoms with Crippen molar-refractivity contribution >= 4 is 40.8 Å². The lowest BCUT2D eigenvalue weighted by Crippen LogP contribution is -2.56. The third kappa shape index (κ3) is 5.78. The molecular formula is C29H22ClF4N5O3. The van der Waals surface area contributed by atoms with E-state index in [9.17, 15) is 37.2 Å². The molecule has 8 nitrogen and oxygen atoms in total. The first-order chi connectivity index (χ1) is 21.6. The van der Waals surface area contributed by atoms with Gasteiger partial charge in [-0.05, 0) is 36.7 Å². The Hall–Kier alpha value is -4.50. The van der Waals surface area contributed by atoms with Gasteiger partial charge in [-0.25, -0.2) is 22.5 Å². The fourth-order valence-electron chi connectivity index (χ4n) is 4.98. The summed E-state index contributed by atoms with van der Waals surface area (Å²) >= 11 is 6.38. The van der Waals surface area contributed by atoms with Crippen molar-refractivity contribution in [1.29, 1.82) is 5.26 Å². The molecule has 5 rings (SSSR count). The molecule has 216 valence electrons. The molecule has 1 saturated heterocycles. The van der Waals surface area contributed by atoms with E-state index in [2.05, 4.69) is 10.3 Å². The second-order valence-corrected chi connectivity index (χ2v) is 10.1. The lowest BCUT2D eigenvalue weighted by Gasteiger charge is -2.39. The van der Waals surface area contributed by atoms with Crippen LogP contribution in [0, 0.1) is 23.0 Å². The molecule has 2 atom stereocenters. The number of carbonyl (C=O) groups is 3. The highest BCUT2D eigenvalue weighted by molar-refractivity contribution is 6.31. The van der Waals surface area contributed by atoms with E-state index in [1.54, 1.807) is 0 Å². The van der Waals surface area contributed by atoms with Gasteiger partial charge in [0.15, 0.2) is 0 Å². The second-order valence-electron chi connectivity index (χ2n) is 9.77. The minimum atomic E-state index is -3.10. The zero-order chi connectivity index (χ0) is 33.7. The molecule has 13 heteroatoms. The summed E-state index contributed by atoms with van der Waals surface area (Å²) in [5, 5.41) is 11.0. The smallest absolute Gasteiger partial charge is 0.252 e. The summed E-state index contributed by atoms with van der Waals surface area (Å²) < 4.78 is 89.7. The Balaban J connectivity index is 1.72. The molecule has 0 unspecified atom stereocenters. The van der Waals surface area contributed by atoms with Crippen LogP contribution >= 0.6 is 11.6 Å². The summed E-state index contributed by atoms with van der Waals surface area (Å²) in [7, 11) is 0. The Kier molecular flexibility index (Phi) is 6.55. The number of hydrogen-bond donors (Lipinski definition) is 1. The molecule has 1 saturated carbocycles. The summed E-state index contributed by atoms with van der Waals surface area (Å²) in [6.07, 6.45) is -0.764. The lowest BCUT2D eigenvalue weighted by atomic mass is 9.87. The van der Waals surface area contributed by atoms with E-state index in [1.165, 1.54) is 18.3 Å². The molecule has 1 aromatic heterocycles. The summed E-state index contributed by atoms with van der Waals surface area (Å²) in [6, 6.07) is -1.91. The molecule has 2 fully saturated rings. The molecule has 3 aromatic rings. The molecule has 42 heavy (non-hydrogen) atoms. The van der Waals surface area contributed by atoms with Gasteiger partial charge in [0.25, 0.3) is 11.8 Å². The number of pyridine rings is 1. The van der Waals surface area contributed by atoms with Crippen molar-refractivity contribution in [2.75, 3.05) is 9.80 Å². The van der Waals surface area contributed by atoms with E-state index in [4.69, 9.17) is 17.1 Å². The van der Waals surface area contributed by atoms with Gasteiger partial charge in [0, 0.05) is 48.2 Å². The summed E-state index contributed by atoms with van der Waals surface area (Å²) in [5.41, 5.74) is -1.21. The van der Waals surface area contributed by atoms with Crippen LogP contribution in [0.25, 0.3) is 0 Å². The number of nitrogens with one attached hydrogen (secondary N) is 1. The first-order valence-electron chi connectivity index (χ1n) is 14.5. The number of hydrogen-bond acceptors (Lipinski definition) is 5. The number of alkyl halides is 2. The molecule has 1 aliphatic carbocycles. The van der Waals surface area contributed by atoms with Gasteiger partial charge in [0.05, 0.1) is 22.8 Å². The molecule has 0 bridgehead atoms. The molecule has 1 aliphatic heterocycles. The fraction of sp³-hybridized carbons (Fsp3) is 0.276. The van der Waals surface area contributed by atoms with E-state index < -0.39 is 107 Å². The van der Waals surface area contributed by atoms with Crippen LogP contribution in [0.3, 0.4) is 0 Å². The topological polar surface area (TPSA) is 106 Å². The van der Waals surface area contributed by atoms with E-state index in [0.29, 0.717) is 23.1 Å². The number of halogens is 5. The number of amides is 3. The van der Waals surface area contributed by atoms with E-state index >= 15 is 0 Å². The molecule has 2 aromatic carbocycles. The van der Waals surface area contributed by atoms with Crippen molar-refractivity contribution in [3.63, 3.8) is 0 Å². The van der Waals surface area contributed by atoms with E-state index in [0.717, 1.165) is 4.90 Å². The van der Waals surface area contributed by atoms with Crippen LogP contribution in [0.4, 0.5) is 29.1 Å². The average molecular weight is 604 g/mol. The maximum absolute atomic E-state index is 14.7. The van der Waals surface area contributed by atoms with E-state index in [1.807, 2.05) is 6.07 Å². The second kappa shape index (κ2) is 11.4. The summed E-state index contributed by atoms with van der Waals surface area (Å²) in [6.45, 7) is 0. The van der Waals surface area contributed by atoms with Crippen molar-refractivity contribution in [3.05, 3.63) is 88.5 Å². The van der Waals surface area contributed by atoms with Crippen LogP contribution in [0.2, 0.25) is 5.02 Å². The van der Waals surface area contributed by atoms with Gasteiger partial charge in [-0.1, -0.05) is 29.7 Å². The van der Waals surface area contributed by atoms with Crippen molar-refractivity contribution in [2.24, 2.45) is 0 Å². The highest BCUT2D eigenvalue weighted by Gasteiger charge is 2.48. The minimum Gasteiger partial charge on any atom is -0.351 e. The number of anilines is 2. The number of nitrogens with zero attached hydrogens (tertiary/aromatic N) is 4. The van der Waals surface area contributed by atoms with Gasteiger partial charge >= 0.3 is 0 Å². The van der Waals surface area contributed by atoms with Crippen molar-refractivity contribution < 1.29 is 37.4 Å². The molecule has 2 heterocycles. The largest absolute Gasteiger partial charge is 0.351 e. The number of carbonyl (C=O) groups excluding carboxylic acids is 3. The third-order valence-electron chi connectivity index (χ3n) is 6.87. The molecule has 3 amide bonds. The summed E-state index contributed by atoms with van der Waals surface area (Å²) in [5.74, 6) is -8.64. The first-order valence-corrected chi connectivity index (χ1v) is 12.9. The zero-order valence-electron chi connectivity index (χ0n) is 25.4. The Morgan fingerprint density at radius 1 is 1.19 bits per heavy atom. The van der Waals surface area contributed by atoms with Crippen molar-refractivity contribution in [1.82, 2.24) is 10.3 Å². The fourth-order valence-corrected chi connectivity index (χ4v) is 5.18. The maximum atomic E-state index is 14.7. The monoisotopic (exact) mass is 603 g/mol. The molecule has 1 N–H and O–H groups in total. The van der Waals surface area contributed by atoms with Gasteiger partial charge in [-0.15, -0.1) is 0 Å². The lowest BCUT2D eigenvalue weighted by molar-refractivity contribution is -0.133. The van der Waals surface area contributed by atoms with Crippen LogP contribution in [0.5, 0.6) is 0 Å². The van der Waals surface area contributed by atoms with Crippen molar-refractivity contribution in [2.45, 2.75) is 49.7 Å². The van der Waals surface area contributed by atoms with Crippen LogP contribution in [0.1, 0.15) is 48.3 Å². The number of benzene rings is 2. The van der Waals surface area contributed by atoms with Gasteiger partial charge in [0.2, 0.25) is 11.8 Å². The zero-order valence-corrected chi connectivity index (χ0v) is 22.2. The Morgan fingerprint density at radius 3 is 2.55 bits per heavy atom. The molecular weight excluding hydrogens is 578 g/mol. The predicted molar refractivity (Wildman–Crippen MR) is 144 cm³/mol. The SMILES string of the molecule is [2H]c1c([2H])c([2H])c([C@@H](C(=O)NC2CC(F)(F)C2)N(C(=O)[C@@H]2CCC(=O)N2c2cc(C#N)ccn2)c2cc(F)cc(F)c2)c(Cl)c1[2H]. The molecule has 0 spiro atoms. The van der Waals surface area contributed by atoms with Gasteiger partial charge < -0.3 is 5.32 Å². The minimum absolute atomic E-state index is 0.0848. The highest BCUT2D eigenvalue weighted by atomic mass is 35.5. The maximum Gasteiger partial charge on any atom is 0.252 e. The predicted octanol–water partition coefficient (Wildman–Crippen LogP) is 5.07. The van der Waals surface area contributed by atoms with Gasteiger partial charge in [0.1, 0.15) is 29.5 Å². The standard InChI is InChI=1S/C29H22ClF4N5O3/c30-22-4-2-1-3-21(22)26(27(41)37-19-13-29(33,34)14-19)38(20-11-17(31)10-18(32)12-20)28(42)23-5-6-25(40)39(23)24-9-16(15-35)7-8-36-24/h1-4,7-12,19,23,26H,5-6,13-14H2,(H,37,41)/t23-,26-/m0/s1/i1D,2D,3D,4D. The Morgan fingerprint density at radius 2 is 1.88 bits per heavy atom. The Labute approximate surface area is 248 Å². The van der Waals surface area contributed by atoms with Crippen molar-refractivity contribution in [3.8, 4) is 6.07 Å². The quantitative estimate of drug-likeness (QED) is 0.380. The average Bonchev–Trinajstić information content (AvgIpc) is 3.38. The first kappa shape index (κ1) is 24.1. The number of rotatable bonds is 7. The Bertz CT molecular complexity index is 1770. The number of nitriles is 1. The third-order valence-corrected chi connectivity index (χ3v) is 7.16. The van der Waals surface area contributed by atoms with Gasteiger partial charge in [-0.3, -0.25) is 24.2 Å². The van der Waals surface area contributed by atoms with Crippen LogP contribution < -0.4 is 15.1 Å². The van der Waals surface area contributed by atoms with Crippen LogP contribution in [-0.4, -0.2) is 40.7 Å². The highest BCUT2D eigenvalue weighted by Crippen LogP contribution is 2.40. The normalized spacial score (nSPS) is 20.0. The van der Waals surface area contributed by atoms with Gasteiger partial charge in [-0.2, -0.15) is 5.26 Å². The van der Waals surface area contributed by atoms with Crippen LogP contribution in [-0.2, 0) is 14.4 Å². The van der Waals surface area contributed by atoms with E-state index in [-0.39, 0.29) is 24.2 Å². The van der Waals surface area contributed by atoms with Crippen LogP contribution in [0.15, 0.2) is 60.7 Å². The molecule has 2 aliphatic rings.